The third kappa shape index (κ3) is 1.56. The summed E-state index contributed by atoms with van der Waals surface area (Å²) in [4.78, 5) is 13.1. The number of aromatic nitrogens is 2. The molecule has 0 spiro atoms. The average Bonchev–Trinajstić information content (AvgIpc) is 2.71. The van der Waals surface area contributed by atoms with Gasteiger partial charge < -0.3 is 10.5 Å². The van der Waals surface area contributed by atoms with Crippen molar-refractivity contribution in [3.05, 3.63) is 11.4 Å². The summed E-state index contributed by atoms with van der Waals surface area (Å²) in [5.74, 6) is 0. The van der Waals surface area contributed by atoms with E-state index >= 15 is 0 Å². The minimum Gasteiger partial charge on any atom is -0.443 e. The van der Waals surface area contributed by atoms with Crippen molar-refractivity contribution in [3.63, 3.8) is 0 Å². The van der Waals surface area contributed by atoms with Gasteiger partial charge in [-0.1, -0.05) is 0 Å². The predicted molar refractivity (Wildman–Crippen MR) is 54.7 cm³/mol. The molecule has 3 N–H and O–H groups in total. The molecule has 2 rings (SSSR count). The zero-order valence-electron chi connectivity index (χ0n) is 8.78. The molecule has 0 saturated carbocycles. The number of nitrogens with zero attached hydrogens (tertiary/aromatic N) is 2. The van der Waals surface area contributed by atoms with Crippen LogP contribution in [-0.4, -0.2) is 35.5 Å². The number of rotatable bonds is 2. The van der Waals surface area contributed by atoms with Crippen molar-refractivity contribution in [2.45, 2.75) is 20.0 Å². The number of aryl methyl sites for hydroxylation is 2. The van der Waals surface area contributed by atoms with Crippen molar-refractivity contribution in [1.29, 1.82) is 0 Å². The highest BCUT2D eigenvalue weighted by Crippen LogP contribution is 2.26. The van der Waals surface area contributed by atoms with Gasteiger partial charge in [0.15, 0.2) is 0 Å². The molecule has 15 heavy (non-hydrogen) atoms. The van der Waals surface area contributed by atoms with Crippen LogP contribution in [0, 0.1) is 13.8 Å². The Morgan fingerprint density at radius 3 is 2.87 bits per heavy atom. The molecule has 6 nitrogen and oxygen atoms in total. The summed E-state index contributed by atoms with van der Waals surface area (Å²) in [6.07, 6.45) is -0.566. The molecule has 0 bridgehead atoms. The number of nitrogens with two attached hydrogens (primary N) is 1. The molecule has 1 unspecified atom stereocenters. The molecule has 1 amide bonds. The number of carbonyl (C=O) groups excluding carboxylic acids is 1. The molecule has 1 aromatic rings. The number of H-pyrrole nitrogens is 1. The molecule has 0 aliphatic carbocycles. The molecule has 2 heterocycles. The van der Waals surface area contributed by atoms with Gasteiger partial charge in [-0.25, -0.2) is 4.79 Å². The zero-order valence-corrected chi connectivity index (χ0v) is 8.78. The fourth-order valence-corrected chi connectivity index (χ4v) is 1.77. The SMILES string of the molecule is Cc1n[nH]c(C)c1N1CC(CN)OC1=O. The van der Waals surface area contributed by atoms with Crippen molar-refractivity contribution in [2.75, 3.05) is 18.0 Å². The summed E-state index contributed by atoms with van der Waals surface area (Å²) in [6.45, 7) is 4.56. The van der Waals surface area contributed by atoms with Crippen molar-refractivity contribution >= 4 is 11.8 Å². The van der Waals surface area contributed by atoms with E-state index in [1.807, 2.05) is 13.8 Å². The lowest BCUT2D eigenvalue weighted by molar-refractivity contribution is 0.145. The molecular weight excluding hydrogens is 196 g/mol. The Morgan fingerprint density at radius 1 is 1.67 bits per heavy atom. The topological polar surface area (TPSA) is 84.2 Å². The van der Waals surface area contributed by atoms with E-state index in [1.165, 1.54) is 0 Å². The number of hydrogen-bond donors (Lipinski definition) is 2. The third-order valence-corrected chi connectivity index (χ3v) is 2.50. The Hall–Kier alpha value is -1.56. The lowest BCUT2D eigenvalue weighted by Gasteiger charge is -2.12. The standard InChI is InChI=1S/C9H14N4O2/c1-5-8(6(2)12-11-5)13-4-7(3-10)15-9(13)14/h7H,3-4,10H2,1-2H3,(H,11,12). The van der Waals surface area contributed by atoms with Gasteiger partial charge in [-0.3, -0.25) is 10.00 Å². The number of amides is 1. The second-order valence-electron chi connectivity index (χ2n) is 3.63. The van der Waals surface area contributed by atoms with Gasteiger partial charge in [0.25, 0.3) is 0 Å². The van der Waals surface area contributed by atoms with Crippen LogP contribution in [0.2, 0.25) is 0 Å². The molecule has 82 valence electrons. The normalized spacial score (nSPS) is 20.9. The average molecular weight is 210 g/mol. The summed E-state index contributed by atoms with van der Waals surface area (Å²) < 4.78 is 5.08. The first-order chi connectivity index (χ1) is 7.13. The van der Waals surface area contributed by atoms with Gasteiger partial charge in [-0.2, -0.15) is 5.10 Å². The quantitative estimate of drug-likeness (QED) is 0.735. The van der Waals surface area contributed by atoms with Crippen LogP contribution in [0.25, 0.3) is 0 Å². The summed E-state index contributed by atoms with van der Waals surface area (Å²) in [7, 11) is 0. The first-order valence-corrected chi connectivity index (χ1v) is 4.83. The van der Waals surface area contributed by atoms with E-state index in [0.29, 0.717) is 13.1 Å². The smallest absolute Gasteiger partial charge is 0.414 e. The number of hydrogen-bond acceptors (Lipinski definition) is 4. The highest BCUT2D eigenvalue weighted by atomic mass is 16.6. The minimum atomic E-state index is -0.349. The van der Waals surface area contributed by atoms with Crippen LogP contribution >= 0.6 is 0 Å². The molecular formula is C9H14N4O2. The van der Waals surface area contributed by atoms with Crippen LogP contribution in [0.3, 0.4) is 0 Å². The Bertz CT molecular complexity index is 368. The van der Waals surface area contributed by atoms with Gasteiger partial charge >= 0.3 is 6.09 Å². The fraction of sp³-hybridized carbons (Fsp3) is 0.556. The monoisotopic (exact) mass is 210 g/mol. The Labute approximate surface area is 87.4 Å². The molecule has 1 saturated heterocycles. The molecule has 1 aliphatic rings. The molecule has 0 radical (unpaired) electrons. The van der Waals surface area contributed by atoms with Crippen LogP contribution in [0.4, 0.5) is 10.5 Å². The van der Waals surface area contributed by atoms with Gasteiger partial charge in [-0.15, -0.1) is 0 Å². The molecule has 6 heteroatoms. The summed E-state index contributed by atoms with van der Waals surface area (Å²) in [6, 6.07) is 0. The van der Waals surface area contributed by atoms with Gasteiger partial charge in [-0.05, 0) is 13.8 Å². The molecule has 1 atom stereocenters. The lowest BCUT2D eigenvalue weighted by atomic mass is 10.2. The second-order valence-corrected chi connectivity index (χ2v) is 3.63. The van der Waals surface area contributed by atoms with E-state index in [2.05, 4.69) is 10.2 Å². The van der Waals surface area contributed by atoms with Gasteiger partial charge in [0, 0.05) is 6.54 Å². The van der Waals surface area contributed by atoms with Crippen LogP contribution in [0.15, 0.2) is 0 Å². The molecule has 1 fully saturated rings. The van der Waals surface area contributed by atoms with E-state index in [-0.39, 0.29) is 12.2 Å². The largest absolute Gasteiger partial charge is 0.443 e. The maximum atomic E-state index is 11.6. The van der Waals surface area contributed by atoms with Crippen LogP contribution in [0.1, 0.15) is 11.4 Å². The van der Waals surface area contributed by atoms with Crippen LogP contribution in [0.5, 0.6) is 0 Å². The molecule has 1 aliphatic heterocycles. The van der Waals surface area contributed by atoms with Crippen LogP contribution < -0.4 is 10.6 Å². The third-order valence-electron chi connectivity index (χ3n) is 2.50. The zero-order chi connectivity index (χ0) is 11.0. The van der Waals surface area contributed by atoms with E-state index in [0.717, 1.165) is 17.1 Å². The number of aromatic amines is 1. The van der Waals surface area contributed by atoms with Gasteiger partial charge in [0.1, 0.15) is 6.10 Å². The first-order valence-electron chi connectivity index (χ1n) is 4.83. The summed E-state index contributed by atoms with van der Waals surface area (Å²) in [5.41, 5.74) is 7.92. The number of nitrogens with one attached hydrogen (secondary N) is 1. The lowest BCUT2D eigenvalue weighted by Crippen LogP contribution is -2.28. The first kappa shape index (κ1) is 9.97. The number of carbonyl (C=O) groups is 1. The van der Waals surface area contributed by atoms with E-state index in [4.69, 9.17) is 10.5 Å². The number of anilines is 1. The van der Waals surface area contributed by atoms with Crippen LogP contribution in [-0.2, 0) is 4.74 Å². The van der Waals surface area contributed by atoms with Crippen molar-refractivity contribution in [2.24, 2.45) is 5.73 Å². The van der Waals surface area contributed by atoms with E-state index in [9.17, 15) is 4.79 Å². The van der Waals surface area contributed by atoms with Gasteiger partial charge in [0.05, 0.1) is 23.6 Å². The predicted octanol–water partition coefficient (Wildman–Crippen LogP) is 0.310. The summed E-state index contributed by atoms with van der Waals surface area (Å²) in [5, 5.41) is 6.88. The Kier molecular flexibility index (Phi) is 2.36. The maximum Gasteiger partial charge on any atom is 0.414 e. The van der Waals surface area contributed by atoms with Crippen molar-refractivity contribution in [3.8, 4) is 0 Å². The fourth-order valence-electron chi connectivity index (χ4n) is 1.77. The summed E-state index contributed by atoms with van der Waals surface area (Å²) >= 11 is 0. The van der Waals surface area contributed by atoms with E-state index in [1.54, 1.807) is 4.90 Å². The van der Waals surface area contributed by atoms with E-state index < -0.39 is 0 Å². The van der Waals surface area contributed by atoms with Crippen molar-refractivity contribution in [1.82, 2.24) is 10.2 Å². The Morgan fingerprint density at radius 2 is 2.40 bits per heavy atom. The second kappa shape index (κ2) is 3.54. The highest BCUT2D eigenvalue weighted by molar-refractivity contribution is 5.91. The van der Waals surface area contributed by atoms with Crippen molar-refractivity contribution < 1.29 is 9.53 Å². The number of ether oxygens (including phenoxy) is 1. The Balaban J connectivity index is 2.29. The van der Waals surface area contributed by atoms with Gasteiger partial charge in [0.2, 0.25) is 0 Å². The molecule has 1 aromatic heterocycles. The highest BCUT2D eigenvalue weighted by Gasteiger charge is 2.33. The number of cyclic esters (lactones) is 1. The maximum absolute atomic E-state index is 11.6. The molecule has 0 aromatic carbocycles. The minimum absolute atomic E-state index is 0.216.